The summed E-state index contributed by atoms with van der Waals surface area (Å²) in [5, 5.41) is 12.8. The Labute approximate surface area is 113 Å². The van der Waals surface area contributed by atoms with Crippen molar-refractivity contribution in [2.45, 2.75) is 25.3 Å². The molecule has 2 aliphatic heterocycles. The van der Waals surface area contributed by atoms with E-state index < -0.39 is 0 Å². The van der Waals surface area contributed by atoms with E-state index in [2.05, 4.69) is 5.32 Å². The van der Waals surface area contributed by atoms with E-state index in [-0.39, 0.29) is 11.7 Å². The minimum atomic E-state index is 0.184. The fourth-order valence-corrected chi connectivity index (χ4v) is 3.32. The standard InChI is InChI=1S/C15H20N2O2/c18-13-5-1-3-11(7-13)8-15(19)17-6-2-4-12-9-16-10-14(12)17/h1,3,5,7,12,14,16,18H,2,4,6,8-10H2. The van der Waals surface area contributed by atoms with E-state index in [0.29, 0.717) is 18.4 Å². The summed E-state index contributed by atoms with van der Waals surface area (Å²) in [6.45, 7) is 2.84. The summed E-state index contributed by atoms with van der Waals surface area (Å²) in [5.74, 6) is 1.04. The second-order valence-electron chi connectivity index (χ2n) is 5.56. The molecular formula is C15H20N2O2. The Kier molecular flexibility index (Phi) is 3.42. The summed E-state index contributed by atoms with van der Waals surface area (Å²) in [6, 6.07) is 7.36. The lowest BCUT2D eigenvalue weighted by Gasteiger charge is -2.37. The third-order valence-corrected chi connectivity index (χ3v) is 4.26. The number of piperidine rings is 1. The molecule has 4 nitrogen and oxygen atoms in total. The molecule has 19 heavy (non-hydrogen) atoms. The van der Waals surface area contributed by atoms with Gasteiger partial charge in [0.15, 0.2) is 0 Å². The molecule has 2 saturated heterocycles. The maximum Gasteiger partial charge on any atom is 0.227 e. The molecule has 2 aliphatic rings. The Morgan fingerprint density at radius 1 is 1.42 bits per heavy atom. The Balaban J connectivity index is 1.69. The molecule has 2 heterocycles. The van der Waals surface area contributed by atoms with Crippen LogP contribution in [0.1, 0.15) is 18.4 Å². The van der Waals surface area contributed by atoms with Crippen LogP contribution in [0.25, 0.3) is 0 Å². The normalized spacial score (nSPS) is 26.2. The van der Waals surface area contributed by atoms with Crippen molar-refractivity contribution in [2.75, 3.05) is 19.6 Å². The average molecular weight is 260 g/mol. The van der Waals surface area contributed by atoms with Crippen molar-refractivity contribution in [1.29, 1.82) is 0 Å². The summed E-state index contributed by atoms with van der Waals surface area (Å²) in [7, 11) is 0. The van der Waals surface area contributed by atoms with Crippen LogP contribution in [-0.2, 0) is 11.2 Å². The van der Waals surface area contributed by atoms with E-state index in [0.717, 1.165) is 31.6 Å². The van der Waals surface area contributed by atoms with E-state index >= 15 is 0 Å². The number of phenolic OH excluding ortho intramolecular Hbond substituents is 1. The van der Waals surface area contributed by atoms with Crippen molar-refractivity contribution in [3.8, 4) is 5.75 Å². The van der Waals surface area contributed by atoms with Crippen LogP contribution >= 0.6 is 0 Å². The number of likely N-dealkylation sites (tertiary alicyclic amines) is 1. The van der Waals surface area contributed by atoms with Crippen molar-refractivity contribution < 1.29 is 9.90 Å². The Bertz CT molecular complexity index is 475. The van der Waals surface area contributed by atoms with Gasteiger partial charge in [-0.1, -0.05) is 12.1 Å². The van der Waals surface area contributed by atoms with Crippen LogP contribution in [0.2, 0.25) is 0 Å². The minimum Gasteiger partial charge on any atom is -0.508 e. The van der Waals surface area contributed by atoms with Gasteiger partial charge in [0.1, 0.15) is 5.75 Å². The van der Waals surface area contributed by atoms with E-state index in [1.54, 1.807) is 18.2 Å². The van der Waals surface area contributed by atoms with E-state index in [9.17, 15) is 9.90 Å². The highest BCUT2D eigenvalue weighted by atomic mass is 16.3. The smallest absolute Gasteiger partial charge is 0.227 e. The largest absolute Gasteiger partial charge is 0.508 e. The summed E-state index contributed by atoms with van der Waals surface area (Å²) < 4.78 is 0. The quantitative estimate of drug-likeness (QED) is 0.838. The highest BCUT2D eigenvalue weighted by Gasteiger charge is 2.36. The number of benzene rings is 1. The van der Waals surface area contributed by atoms with Crippen LogP contribution < -0.4 is 5.32 Å². The SMILES string of the molecule is O=C(Cc1cccc(O)c1)N1CCCC2CNCC21. The highest BCUT2D eigenvalue weighted by molar-refractivity contribution is 5.79. The van der Waals surface area contributed by atoms with Gasteiger partial charge >= 0.3 is 0 Å². The number of nitrogens with one attached hydrogen (secondary N) is 1. The molecule has 0 aliphatic carbocycles. The van der Waals surface area contributed by atoms with Gasteiger partial charge in [0.05, 0.1) is 6.42 Å². The van der Waals surface area contributed by atoms with Crippen molar-refractivity contribution in [2.24, 2.45) is 5.92 Å². The number of hydrogen-bond donors (Lipinski definition) is 2. The van der Waals surface area contributed by atoms with Gasteiger partial charge in [-0.2, -0.15) is 0 Å². The summed E-state index contributed by atoms with van der Waals surface area (Å²) in [4.78, 5) is 14.5. The van der Waals surface area contributed by atoms with Gasteiger partial charge in [-0.05, 0) is 36.5 Å². The lowest BCUT2D eigenvalue weighted by molar-refractivity contribution is -0.134. The van der Waals surface area contributed by atoms with Gasteiger partial charge in [-0.3, -0.25) is 4.79 Å². The number of carbonyl (C=O) groups is 1. The molecule has 1 aromatic rings. The fourth-order valence-electron chi connectivity index (χ4n) is 3.32. The summed E-state index contributed by atoms with van der Waals surface area (Å²) >= 11 is 0. The lowest BCUT2D eigenvalue weighted by atomic mass is 9.91. The first-order chi connectivity index (χ1) is 9.24. The number of carbonyl (C=O) groups excluding carboxylic acids is 1. The first-order valence-corrected chi connectivity index (χ1v) is 7.02. The third-order valence-electron chi connectivity index (χ3n) is 4.26. The second-order valence-corrected chi connectivity index (χ2v) is 5.56. The summed E-state index contributed by atoms with van der Waals surface area (Å²) in [6.07, 6.45) is 2.72. The van der Waals surface area contributed by atoms with E-state index in [4.69, 9.17) is 0 Å². The molecule has 0 spiro atoms. The van der Waals surface area contributed by atoms with Crippen LogP contribution in [-0.4, -0.2) is 41.6 Å². The van der Waals surface area contributed by atoms with Gasteiger partial charge in [0, 0.05) is 25.7 Å². The number of hydrogen-bond acceptors (Lipinski definition) is 3. The van der Waals surface area contributed by atoms with Gasteiger partial charge < -0.3 is 15.3 Å². The molecular weight excluding hydrogens is 240 g/mol. The summed E-state index contributed by atoms with van der Waals surface area (Å²) in [5.41, 5.74) is 0.887. The highest BCUT2D eigenvalue weighted by Crippen LogP contribution is 2.27. The first-order valence-electron chi connectivity index (χ1n) is 7.02. The fraction of sp³-hybridized carbons (Fsp3) is 0.533. The molecule has 2 N–H and O–H groups in total. The average Bonchev–Trinajstić information content (AvgIpc) is 2.86. The lowest BCUT2D eigenvalue weighted by Crippen LogP contribution is -2.48. The zero-order valence-corrected chi connectivity index (χ0v) is 11.0. The van der Waals surface area contributed by atoms with Crippen molar-refractivity contribution in [3.63, 3.8) is 0 Å². The molecule has 102 valence electrons. The zero-order valence-electron chi connectivity index (χ0n) is 11.0. The van der Waals surface area contributed by atoms with Crippen LogP contribution in [0.5, 0.6) is 5.75 Å². The van der Waals surface area contributed by atoms with Gasteiger partial charge in [-0.25, -0.2) is 0 Å². The number of aromatic hydroxyl groups is 1. The molecule has 1 aromatic carbocycles. The van der Waals surface area contributed by atoms with Crippen LogP contribution in [0, 0.1) is 5.92 Å². The van der Waals surface area contributed by atoms with E-state index in [1.165, 1.54) is 6.42 Å². The molecule has 2 atom stereocenters. The van der Waals surface area contributed by atoms with Gasteiger partial charge in [0.25, 0.3) is 0 Å². The Morgan fingerprint density at radius 3 is 3.16 bits per heavy atom. The topological polar surface area (TPSA) is 52.6 Å². The molecule has 3 rings (SSSR count). The number of phenols is 1. The Hall–Kier alpha value is -1.55. The molecule has 1 amide bonds. The van der Waals surface area contributed by atoms with Crippen LogP contribution in [0.4, 0.5) is 0 Å². The molecule has 0 saturated carbocycles. The molecule has 2 fully saturated rings. The molecule has 4 heteroatoms. The number of fused-ring (bicyclic) bond motifs is 1. The minimum absolute atomic E-state index is 0.184. The number of rotatable bonds is 2. The van der Waals surface area contributed by atoms with Crippen molar-refractivity contribution >= 4 is 5.91 Å². The monoisotopic (exact) mass is 260 g/mol. The maximum absolute atomic E-state index is 12.4. The van der Waals surface area contributed by atoms with Crippen molar-refractivity contribution in [3.05, 3.63) is 29.8 Å². The molecule has 2 unspecified atom stereocenters. The van der Waals surface area contributed by atoms with Gasteiger partial charge in [0.2, 0.25) is 5.91 Å². The molecule has 0 aromatic heterocycles. The number of amides is 1. The predicted molar refractivity (Wildman–Crippen MR) is 72.9 cm³/mol. The van der Waals surface area contributed by atoms with Crippen LogP contribution in [0.3, 0.4) is 0 Å². The van der Waals surface area contributed by atoms with Crippen LogP contribution in [0.15, 0.2) is 24.3 Å². The maximum atomic E-state index is 12.4. The third kappa shape index (κ3) is 2.59. The first kappa shape index (κ1) is 12.5. The zero-order chi connectivity index (χ0) is 13.2. The second kappa shape index (κ2) is 5.21. The van der Waals surface area contributed by atoms with Crippen molar-refractivity contribution in [1.82, 2.24) is 10.2 Å². The number of nitrogens with zero attached hydrogens (tertiary/aromatic N) is 1. The molecule has 0 radical (unpaired) electrons. The van der Waals surface area contributed by atoms with Gasteiger partial charge in [-0.15, -0.1) is 0 Å². The molecule has 0 bridgehead atoms. The van der Waals surface area contributed by atoms with E-state index in [1.807, 2.05) is 11.0 Å². The Morgan fingerprint density at radius 2 is 2.32 bits per heavy atom. The predicted octanol–water partition coefficient (Wildman–Crippen LogP) is 1.15.